The van der Waals surface area contributed by atoms with Gasteiger partial charge in [-0.3, -0.25) is 4.99 Å². The van der Waals surface area contributed by atoms with E-state index < -0.39 is 0 Å². The molecular formula is C22H45IN4O2. The number of nitrogens with zero attached hydrogens (tertiary/aromatic N) is 2. The molecule has 2 heterocycles. The monoisotopic (exact) mass is 524 g/mol. The highest BCUT2D eigenvalue weighted by molar-refractivity contribution is 14.0. The average molecular weight is 525 g/mol. The van der Waals surface area contributed by atoms with Crippen LogP contribution in [0, 0.1) is 11.3 Å². The molecule has 0 radical (unpaired) electrons. The van der Waals surface area contributed by atoms with Crippen LogP contribution in [0.1, 0.15) is 59.8 Å². The zero-order valence-corrected chi connectivity index (χ0v) is 21.7. The summed E-state index contributed by atoms with van der Waals surface area (Å²) in [7, 11) is 1.78. The van der Waals surface area contributed by atoms with E-state index in [9.17, 15) is 0 Å². The van der Waals surface area contributed by atoms with Gasteiger partial charge in [-0.2, -0.15) is 0 Å². The summed E-state index contributed by atoms with van der Waals surface area (Å²) >= 11 is 0. The van der Waals surface area contributed by atoms with Crippen molar-refractivity contribution in [2.75, 3.05) is 53.0 Å². The van der Waals surface area contributed by atoms with Gasteiger partial charge in [-0.1, -0.05) is 20.8 Å². The molecule has 0 saturated carbocycles. The SMILES string of the molecule is CCNC(=NCC1CCCOC1C(C)(C)C)NC1CCN(CCCOC)CC1.I. The molecule has 2 aliphatic rings. The van der Waals surface area contributed by atoms with Gasteiger partial charge in [-0.15, -0.1) is 24.0 Å². The molecule has 172 valence electrons. The molecule has 0 aromatic carbocycles. The first kappa shape index (κ1) is 26.9. The van der Waals surface area contributed by atoms with Crippen molar-refractivity contribution in [2.45, 2.75) is 71.9 Å². The van der Waals surface area contributed by atoms with Crippen LogP contribution in [-0.4, -0.2) is 76.1 Å². The number of hydrogen-bond donors (Lipinski definition) is 2. The zero-order valence-electron chi connectivity index (χ0n) is 19.3. The molecule has 2 atom stereocenters. The van der Waals surface area contributed by atoms with Gasteiger partial charge >= 0.3 is 0 Å². The van der Waals surface area contributed by atoms with Crippen LogP contribution in [0.15, 0.2) is 4.99 Å². The Bertz CT molecular complexity index is 462. The summed E-state index contributed by atoms with van der Waals surface area (Å²) in [6.45, 7) is 15.9. The Morgan fingerprint density at radius 3 is 2.55 bits per heavy atom. The van der Waals surface area contributed by atoms with Crippen LogP contribution in [0.2, 0.25) is 0 Å². The maximum atomic E-state index is 6.12. The van der Waals surface area contributed by atoms with Crippen LogP contribution in [-0.2, 0) is 9.47 Å². The number of piperidine rings is 1. The lowest BCUT2D eigenvalue weighted by molar-refractivity contribution is -0.0823. The molecule has 6 nitrogen and oxygen atoms in total. The number of methoxy groups -OCH3 is 1. The van der Waals surface area contributed by atoms with E-state index in [0.29, 0.717) is 18.1 Å². The Morgan fingerprint density at radius 2 is 1.93 bits per heavy atom. The van der Waals surface area contributed by atoms with E-state index in [1.54, 1.807) is 7.11 Å². The number of ether oxygens (including phenoxy) is 2. The topological polar surface area (TPSA) is 58.1 Å². The van der Waals surface area contributed by atoms with Crippen molar-refractivity contribution < 1.29 is 9.47 Å². The molecule has 0 aromatic rings. The highest BCUT2D eigenvalue weighted by Crippen LogP contribution is 2.34. The summed E-state index contributed by atoms with van der Waals surface area (Å²) in [6.07, 6.45) is 6.13. The Balaban J connectivity index is 0.00000420. The van der Waals surface area contributed by atoms with Gasteiger partial charge < -0.3 is 25.0 Å². The highest BCUT2D eigenvalue weighted by Gasteiger charge is 2.35. The molecule has 29 heavy (non-hydrogen) atoms. The zero-order chi connectivity index (χ0) is 20.4. The Labute approximate surface area is 196 Å². The first-order valence-corrected chi connectivity index (χ1v) is 11.3. The molecule has 2 unspecified atom stereocenters. The standard InChI is InChI=1S/C22H44N4O2.HI/c1-6-23-21(24-17-18-9-7-16-28-20(18)22(2,3)4)25-19-10-13-26(14-11-19)12-8-15-27-5;/h18-20H,6-17H2,1-5H3,(H2,23,24,25);1H. The van der Waals surface area contributed by atoms with Crippen LogP contribution >= 0.6 is 24.0 Å². The normalized spacial score (nSPS) is 24.8. The van der Waals surface area contributed by atoms with Crippen molar-refractivity contribution >= 4 is 29.9 Å². The molecule has 2 N–H and O–H groups in total. The maximum Gasteiger partial charge on any atom is 0.191 e. The molecule has 0 spiro atoms. The molecular weight excluding hydrogens is 479 g/mol. The smallest absolute Gasteiger partial charge is 0.191 e. The van der Waals surface area contributed by atoms with E-state index in [2.05, 4.69) is 43.2 Å². The second-order valence-corrected chi connectivity index (χ2v) is 9.39. The van der Waals surface area contributed by atoms with Gasteiger partial charge in [0, 0.05) is 65.0 Å². The molecule has 0 bridgehead atoms. The molecule has 0 aliphatic carbocycles. The highest BCUT2D eigenvalue weighted by atomic mass is 127. The van der Waals surface area contributed by atoms with Gasteiger partial charge in [0.15, 0.2) is 5.96 Å². The molecule has 2 rings (SSSR count). The molecule has 2 aliphatic heterocycles. The molecule has 2 saturated heterocycles. The summed E-state index contributed by atoms with van der Waals surface area (Å²) in [5.74, 6) is 1.48. The second kappa shape index (κ2) is 14.0. The predicted molar refractivity (Wildman–Crippen MR) is 132 cm³/mol. The van der Waals surface area contributed by atoms with E-state index >= 15 is 0 Å². The summed E-state index contributed by atoms with van der Waals surface area (Å²) < 4.78 is 11.3. The summed E-state index contributed by atoms with van der Waals surface area (Å²) in [4.78, 5) is 7.51. The number of aliphatic imine (C=N–C) groups is 1. The van der Waals surface area contributed by atoms with Crippen LogP contribution in [0.3, 0.4) is 0 Å². The lowest BCUT2D eigenvalue weighted by Crippen LogP contribution is -2.49. The summed E-state index contributed by atoms with van der Waals surface area (Å²) in [6, 6.07) is 0.512. The van der Waals surface area contributed by atoms with Gasteiger partial charge in [0.2, 0.25) is 0 Å². The van der Waals surface area contributed by atoms with Gasteiger partial charge in [0.1, 0.15) is 0 Å². The number of rotatable bonds is 8. The molecule has 2 fully saturated rings. The van der Waals surface area contributed by atoms with Gasteiger partial charge in [0.25, 0.3) is 0 Å². The first-order chi connectivity index (χ1) is 13.4. The van der Waals surface area contributed by atoms with E-state index in [0.717, 1.165) is 64.7 Å². The number of nitrogens with one attached hydrogen (secondary N) is 2. The number of hydrogen-bond acceptors (Lipinski definition) is 4. The minimum absolute atomic E-state index is 0. The van der Waals surface area contributed by atoms with Gasteiger partial charge in [-0.25, -0.2) is 0 Å². The van der Waals surface area contributed by atoms with Crippen molar-refractivity contribution in [3.8, 4) is 0 Å². The van der Waals surface area contributed by atoms with Crippen LogP contribution in [0.5, 0.6) is 0 Å². The van der Waals surface area contributed by atoms with Crippen LogP contribution in [0.4, 0.5) is 0 Å². The lowest BCUT2D eigenvalue weighted by atomic mass is 9.78. The predicted octanol–water partition coefficient (Wildman–Crippen LogP) is 3.50. The number of halogens is 1. The fourth-order valence-electron chi connectivity index (χ4n) is 4.44. The fraction of sp³-hybridized carbons (Fsp3) is 0.955. The number of likely N-dealkylation sites (tertiary alicyclic amines) is 1. The van der Waals surface area contributed by atoms with Crippen molar-refractivity contribution in [1.82, 2.24) is 15.5 Å². The van der Waals surface area contributed by atoms with Crippen molar-refractivity contribution in [1.29, 1.82) is 0 Å². The maximum absolute atomic E-state index is 6.12. The third-order valence-corrected chi connectivity index (χ3v) is 5.88. The third-order valence-electron chi connectivity index (χ3n) is 5.88. The second-order valence-electron chi connectivity index (χ2n) is 9.39. The minimum atomic E-state index is 0. The molecule has 7 heteroatoms. The van der Waals surface area contributed by atoms with E-state index in [1.807, 2.05) is 0 Å². The van der Waals surface area contributed by atoms with Gasteiger partial charge in [-0.05, 0) is 44.4 Å². The minimum Gasteiger partial charge on any atom is -0.385 e. The molecule has 0 amide bonds. The lowest BCUT2D eigenvalue weighted by Gasteiger charge is -2.39. The summed E-state index contributed by atoms with van der Waals surface area (Å²) in [5.41, 5.74) is 0.169. The number of guanidine groups is 1. The molecule has 0 aromatic heterocycles. The van der Waals surface area contributed by atoms with Crippen molar-refractivity contribution in [3.05, 3.63) is 0 Å². The Hall–Kier alpha value is -0.120. The Kier molecular flexibility index (Phi) is 13.0. The largest absolute Gasteiger partial charge is 0.385 e. The third kappa shape index (κ3) is 9.70. The van der Waals surface area contributed by atoms with E-state index in [-0.39, 0.29) is 29.4 Å². The van der Waals surface area contributed by atoms with E-state index in [4.69, 9.17) is 14.5 Å². The Morgan fingerprint density at radius 1 is 1.21 bits per heavy atom. The quantitative estimate of drug-likeness (QED) is 0.220. The fourth-order valence-corrected chi connectivity index (χ4v) is 4.44. The van der Waals surface area contributed by atoms with Crippen molar-refractivity contribution in [2.24, 2.45) is 16.3 Å². The average Bonchev–Trinajstić information content (AvgIpc) is 2.67. The first-order valence-electron chi connectivity index (χ1n) is 11.3. The van der Waals surface area contributed by atoms with Crippen LogP contribution in [0.25, 0.3) is 0 Å². The van der Waals surface area contributed by atoms with Crippen LogP contribution < -0.4 is 10.6 Å². The summed E-state index contributed by atoms with van der Waals surface area (Å²) in [5, 5.41) is 7.13. The van der Waals surface area contributed by atoms with E-state index in [1.165, 1.54) is 19.3 Å². The van der Waals surface area contributed by atoms with Gasteiger partial charge in [0.05, 0.1) is 6.10 Å². The van der Waals surface area contributed by atoms with Crippen molar-refractivity contribution in [3.63, 3.8) is 0 Å².